The molecule has 0 aliphatic heterocycles. The van der Waals surface area contributed by atoms with Crippen LogP contribution in [0, 0.1) is 0 Å². The van der Waals surface area contributed by atoms with Crippen LogP contribution < -0.4 is 14.2 Å². The molecule has 0 aliphatic rings. The Labute approximate surface area is 178 Å². The second-order valence-electron chi connectivity index (χ2n) is 7.94. The average molecular weight is 414 g/mol. The molecule has 2 aromatic rings. The predicted molar refractivity (Wildman–Crippen MR) is 115 cm³/mol. The molecule has 0 amide bonds. The van der Waals surface area contributed by atoms with Gasteiger partial charge in [-0.3, -0.25) is 9.59 Å². The normalized spacial score (nSPS) is 11.0. The Morgan fingerprint density at radius 3 is 1.90 bits per heavy atom. The summed E-state index contributed by atoms with van der Waals surface area (Å²) in [5.41, 5.74) is 2.52. The number of benzene rings is 2. The van der Waals surface area contributed by atoms with E-state index < -0.39 is 5.97 Å². The SMILES string of the molecule is COc1cc(CCC(=O)OCC(=O)c2ccc(C(C)(C)C)cc2)cc(OC)c1OC. The minimum atomic E-state index is -0.441. The zero-order valence-corrected chi connectivity index (χ0v) is 18.5. The Hall–Kier alpha value is -3.02. The number of hydrogen-bond acceptors (Lipinski definition) is 6. The van der Waals surface area contributed by atoms with Crippen molar-refractivity contribution in [1.29, 1.82) is 0 Å². The van der Waals surface area contributed by atoms with Gasteiger partial charge >= 0.3 is 5.97 Å². The fraction of sp³-hybridized carbons (Fsp3) is 0.417. The van der Waals surface area contributed by atoms with E-state index in [0.29, 0.717) is 29.2 Å². The largest absolute Gasteiger partial charge is 0.493 e. The number of aryl methyl sites for hydroxylation is 1. The van der Waals surface area contributed by atoms with Gasteiger partial charge < -0.3 is 18.9 Å². The average Bonchev–Trinajstić information content (AvgIpc) is 2.74. The molecule has 0 aliphatic carbocycles. The minimum Gasteiger partial charge on any atom is -0.493 e. The lowest BCUT2D eigenvalue weighted by molar-refractivity contribution is -0.142. The number of ether oxygens (including phenoxy) is 4. The smallest absolute Gasteiger partial charge is 0.306 e. The van der Waals surface area contributed by atoms with E-state index in [-0.39, 0.29) is 24.2 Å². The van der Waals surface area contributed by atoms with E-state index in [1.807, 2.05) is 12.1 Å². The maximum absolute atomic E-state index is 12.3. The van der Waals surface area contributed by atoms with Crippen LogP contribution in [0.25, 0.3) is 0 Å². The summed E-state index contributed by atoms with van der Waals surface area (Å²) in [4.78, 5) is 24.4. The Bertz CT molecular complexity index is 853. The fourth-order valence-electron chi connectivity index (χ4n) is 2.98. The molecule has 0 spiro atoms. The van der Waals surface area contributed by atoms with Gasteiger partial charge in [-0.1, -0.05) is 45.0 Å². The molecule has 2 rings (SSSR count). The highest BCUT2D eigenvalue weighted by atomic mass is 16.5. The summed E-state index contributed by atoms with van der Waals surface area (Å²) in [6.45, 7) is 6.06. The second-order valence-corrected chi connectivity index (χ2v) is 7.94. The third-order valence-electron chi connectivity index (χ3n) is 4.78. The number of carbonyl (C=O) groups is 2. The highest BCUT2D eigenvalue weighted by Crippen LogP contribution is 2.38. The minimum absolute atomic E-state index is 0.0147. The summed E-state index contributed by atoms with van der Waals surface area (Å²) in [6, 6.07) is 11.0. The van der Waals surface area contributed by atoms with Gasteiger partial charge in [-0.15, -0.1) is 0 Å². The van der Waals surface area contributed by atoms with Crippen LogP contribution in [-0.4, -0.2) is 39.7 Å². The van der Waals surface area contributed by atoms with Crippen molar-refractivity contribution in [3.63, 3.8) is 0 Å². The topological polar surface area (TPSA) is 71.1 Å². The van der Waals surface area contributed by atoms with Gasteiger partial charge in [-0.05, 0) is 35.1 Å². The van der Waals surface area contributed by atoms with Crippen molar-refractivity contribution in [2.24, 2.45) is 0 Å². The first kappa shape index (κ1) is 23.3. The monoisotopic (exact) mass is 414 g/mol. The molecule has 0 saturated heterocycles. The fourth-order valence-corrected chi connectivity index (χ4v) is 2.98. The third-order valence-corrected chi connectivity index (χ3v) is 4.78. The van der Waals surface area contributed by atoms with E-state index in [1.54, 1.807) is 24.3 Å². The number of carbonyl (C=O) groups excluding carboxylic acids is 2. The molecule has 30 heavy (non-hydrogen) atoms. The molecule has 0 heterocycles. The maximum atomic E-state index is 12.3. The Kier molecular flexibility index (Phi) is 7.86. The molecule has 0 unspecified atom stereocenters. The lowest BCUT2D eigenvalue weighted by atomic mass is 9.86. The van der Waals surface area contributed by atoms with Crippen LogP contribution in [-0.2, 0) is 21.4 Å². The van der Waals surface area contributed by atoms with E-state index in [0.717, 1.165) is 11.1 Å². The number of hydrogen-bond donors (Lipinski definition) is 0. The van der Waals surface area contributed by atoms with Gasteiger partial charge in [0, 0.05) is 12.0 Å². The van der Waals surface area contributed by atoms with Crippen LogP contribution in [0.15, 0.2) is 36.4 Å². The number of rotatable bonds is 9. The van der Waals surface area contributed by atoms with Crippen molar-refractivity contribution in [2.45, 2.75) is 39.0 Å². The van der Waals surface area contributed by atoms with Gasteiger partial charge in [0.05, 0.1) is 21.3 Å². The van der Waals surface area contributed by atoms with Gasteiger partial charge in [0.1, 0.15) is 0 Å². The first-order valence-corrected chi connectivity index (χ1v) is 9.77. The summed E-state index contributed by atoms with van der Waals surface area (Å²) in [5, 5.41) is 0. The molecule has 0 bridgehead atoms. The summed E-state index contributed by atoms with van der Waals surface area (Å²) >= 11 is 0. The van der Waals surface area contributed by atoms with Crippen LogP contribution >= 0.6 is 0 Å². The molecular formula is C24H30O6. The van der Waals surface area contributed by atoms with Crippen LogP contribution in [0.5, 0.6) is 17.2 Å². The van der Waals surface area contributed by atoms with E-state index in [1.165, 1.54) is 21.3 Å². The predicted octanol–water partition coefficient (Wildman–Crippen LogP) is 4.37. The Morgan fingerprint density at radius 1 is 0.867 bits per heavy atom. The van der Waals surface area contributed by atoms with Gasteiger partial charge in [0.15, 0.2) is 23.9 Å². The van der Waals surface area contributed by atoms with Crippen molar-refractivity contribution in [3.05, 3.63) is 53.1 Å². The zero-order chi connectivity index (χ0) is 22.3. The lowest BCUT2D eigenvalue weighted by Crippen LogP contribution is -2.15. The van der Waals surface area contributed by atoms with Crippen LogP contribution in [0.4, 0.5) is 0 Å². The number of Topliss-reactive ketones (excluding diaryl/α,β-unsaturated/α-hetero) is 1. The molecule has 2 aromatic carbocycles. The summed E-state index contributed by atoms with van der Waals surface area (Å²) < 4.78 is 21.1. The van der Waals surface area contributed by atoms with Crippen LogP contribution in [0.1, 0.15) is 48.7 Å². The standard InChI is InChI=1S/C24H30O6/c1-24(2,3)18-10-8-17(9-11-18)19(25)15-30-22(26)12-7-16-13-20(27-4)23(29-6)21(14-16)28-5/h8-11,13-14H,7,12,15H2,1-6H3. The van der Waals surface area contributed by atoms with E-state index >= 15 is 0 Å². The summed E-state index contributed by atoms with van der Waals surface area (Å²) in [7, 11) is 4.61. The van der Waals surface area contributed by atoms with E-state index in [9.17, 15) is 9.59 Å². The quantitative estimate of drug-likeness (QED) is 0.448. The van der Waals surface area contributed by atoms with Crippen molar-refractivity contribution < 1.29 is 28.5 Å². The number of ketones is 1. The van der Waals surface area contributed by atoms with Crippen molar-refractivity contribution in [1.82, 2.24) is 0 Å². The highest BCUT2D eigenvalue weighted by Gasteiger charge is 2.16. The Morgan fingerprint density at radius 2 is 1.43 bits per heavy atom. The molecule has 0 radical (unpaired) electrons. The van der Waals surface area contributed by atoms with E-state index in [2.05, 4.69) is 20.8 Å². The Balaban J connectivity index is 1.91. The first-order chi connectivity index (χ1) is 14.2. The second kappa shape index (κ2) is 10.1. The third kappa shape index (κ3) is 5.99. The molecule has 0 N–H and O–H groups in total. The number of methoxy groups -OCH3 is 3. The van der Waals surface area contributed by atoms with Crippen LogP contribution in [0.2, 0.25) is 0 Å². The summed E-state index contributed by atoms with van der Waals surface area (Å²) in [5.74, 6) is 0.873. The van der Waals surface area contributed by atoms with Crippen LogP contribution in [0.3, 0.4) is 0 Å². The lowest BCUT2D eigenvalue weighted by Gasteiger charge is -2.18. The first-order valence-electron chi connectivity index (χ1n) is 9.77. The molecular weight excluding hydrogens is 384 g/mol. The molecule has 6 heteroatoms. The molecule has 0 saturated carbocycles. The molecule has 0 aromatic heterocycles. The molecule has 0 atom stereocenters. The maximum Gasteiger partial charge on any atom is 0.306 e. The molecule has 0 fully saturated rings. The van der Waals surface area contributed by atoms with Crippen molar-refractivity contribution in [2.75, 3.05) is 27.9 Å². The highest BCUT2D eigenvalue weighted by molar-refractivity contribution is 5.98. The van der Waals surface area contributed by atoms with Crippen molar-refractivity contribution >= 4 is 11.8 Å². The van der Waals surface area contributed by atoms with Crippen molar-refractivity contribution in [3.8, 4) is 17.2 Å². The molecule has 6 nitrogen and oxygen atoms in total. The van der Waals surface area contributed by atoms with Gasteiger partial charge in [-0.2, -0.15) is 0 Å². The zero-order valence-electron chi connectivity index (χ0n) is 18.5. The van der Waals surface area contributed by atoms with E-state index in [4.69, 9.17) is 18.9 Å². The number of esters is 1. The van der Waals surface area contributed by atoms with Gasteiger partial charge in [0.25, 0.3) is 0 Å². The molecule has 162 valence electrons. The van der Waals surface area contributed by atoms with Gasteiger partial charge in [0.2, 0.25) is 5.75 Å². The van der Waals surface area contributed by atoms with Gasteiger partial charge in [-0.25, -0.2) is 0 Å². The summed E-state index contributed by atoms with van der Waals surface area (Å²) in [6.07, 6.45) is 0.554.